The van der Waals surface area contributed by atoms with Crippen LogP contribution in [0.15, 0.2) is 24.3 Å². The number of aliphatic hydroxyl groups excluding tert-OH is 1. The zero-order chi connectivity index (χ0) is 18.2. The summed E-state index contributed by atoms with van der Waals surface area (Å²) in [5.74, 6) is -0.364. The second-order valence-corrected chi connectivity index (χ2v) is 6.62. The van der Waals surface area contributed by atoms with Gasteiger partial charge in [0.2, 0.25) is 0 Å². The van der Waals surface area contributed by atoms with Gasteiger partial charge in [0, 0.05) is 18.3 Å². The fourth-order valence-corrected chi connectivity index (χ4v) is 3.11. The van der Waals surface area contributed by atoms with Crippen LogP contribution >= 0.6 is 0 Å². The SMILES string of the molecule is C[C@@H]1CCCC[C@@H]1NC(=O)[C@@H](C)OC(=O)c1ccccc1NCCO. The summed E-state index contributed by atoms with van der Waals surface area (Å²) in [5.41, 5.74) is 0.927. The number of hydrogen-bond acceptors (Lipinski definition) is 5. The maximum atomic E-state index is 12.4. The zero-order valence-corrected chi connectivity index (χ0v) is 15.0. The highest BCUT2D eigenvalue weighted by Crippen LogP contribution is 2.24. The monoisotopic (exact) mass is 348 g/mol. The first-order valence-electron chi connectivity index (χ1n) is 8.98. The third kappa shape index (κ3) is 5.46. The van der Waals surface area contributed by atoms with Gasteiger partial charge in [-0.15, -0.1) is 0 Å². The molecule has 0 radical (unpaired) electrons. The second kappa shape index (κ2) is 9.42. The molecule has 1 aliphatic carbocycles. The van der Waals surface area contributed by atoms with E-state index in [2.05, 4.69) is 17.6 Å². The van der Waals surface area contributed by atoms with E-state index < -0.39 is 12.1 Å². The average molecular weight is 348 g/mol. The number of rotatable bonds is 7. The van der Waals surface area contributed by atoms with E-state index in [4.69, 9.17) is 9.84 Å². The van der Waals surface area contributed by atoms with Crippen molar-refractivity contribution in [3.05, 3.63) is 29.8 Å². The lowest BCUT2D eigenvalue weighted by atomic mass is 9.86. The summed E-state index contributed by atoms with van der Waals surface area (Å²) in [5, 5.41) is 14.9. The van der Waals surface area contributed by atoms with E-state index in [0.29, 0.717) is 23.7 Å². The van der Waals surface area contributed by atoms with Gasteiger partial charge in [-0.25, -0.2) is 4.79 Å². The number of aliphatic hydroxyl groups is 1. The molecule has 3 N–H and O–H groups in total. The van der Waals surface area contributed by atoms with Crippen LogP contribution in [-0.2, 0) is 9.53 Å². The van der Waals surface area contributed by atoms with E-state index in [1.807, 2.05) is 0 Å². The van der Waals surface area contributed by atoms with Crippen molar-refractivity contribution in [2.24, 2.45) is 5.92 Å². The van der Waals surface area contributed by atoms with E-state index in [1.165, 1.54) is 6.42 Å². The molecule has 2 rings (SSSR count). The highest BCUT2D eigenvalue weighted by atomic mass is 16.5. The number of ether oxygens (including phenoxy) is 1. The van der Waals surface area contributed by atoms with Crippen molar-refractivity contribution in [3.63, 3.8) is 0 Å². The Morgan fingerprint density at radius 2 is 2.00 bits per heavy atom. The number of amides is 1. The molecule has 6 nitrogen and oxygen atoms in total. The highest BCUT2D eigenvalue weighted by molar-refractivity contribution is 5.97. The Bertz CT molecular complexity index is 591. The average Bonchev–Trinajstić information content (AvgIpc) is 2.62. The summed E-state index contributed by atoms with van der Waals surface area (Å²) in [6.45, 7) is 4.02. The molecule has 1 saturated carbocycles. The van der Waals surface area contributed by atoms with E-state index in [-0.39, 0.29) is 18.6 Å². The number of benzene rings is 1. The Morgan fingerprint density at radius 1 is 1.28 bits per heavy atom. The van der Waals surface area contributed by atoms with Crippen molar-refractivity contribution in [2.45, 2.75) is 51.7 Å². The molecule has 138 valence electrons. The molecule has 0 bridgehead atoms. The first-order valence-corrected chi connectivity index (χ1v) is 8.98. The Morgan fingerprint density at radius 3 is 2.72 bits per heavy atom. The van der Waals surface area contributed by atoms with Crippen molar-refractivity contribution < 1.29 is 19.4 Å². The smallest absolute Gasteiger partial charge is 0.341 e. The number of anilines is 1. The van der Waals surface area contributed by atoms with Crippen LogP contribution in [-0.4, -0.2) is 42.3 Å². The van der Waals surface area contributed by atoms with Crippen molar-refractivity contribution in [1.29, 1.82) is 0 Å². The summed E-state index contributed by atoms with van der Waals surface area (Å²) in [7, 11) is 0. The van der Waals surface area contributed by atoms with Gasteiger partial charge in [0.25, 0.3) is 5.91 Å². The van der Waals surface area contributed by atoms with Gasteiger partial charge >= 0.3 is 5.97 Å². The number of carbonyl (C=O) groups is 2. The minimum Gasteiger partial charge on any atom is -0.449 e. The first kappa shape index (κ1) is 19.2. The van der Waals surface area contributed by atoms with E-state index in [9.17, 15) is 9.59 Å². The summed E-state index contributed by atoms with van der Waals surface area (Å²) >= 11 is 0. The molecule has 1 aliphatic rings. The van der Waals surface area contributed by atoms with Crippen LogP contribution in [0.2, 0.25) is 0 Å². The van der Waals surface area contributed by atoms with Gasteiger partial charge in [-0.3, -0.25) is 4.79 Å². The topological polar surface area (TPSA) is 87.7 Å². The lowest BCUT2D eigenvalue weighted by Crippen LogP contribution is -2.46. The Kier molecular flexibility index (Phi) is 7.25. The van der Waals surface area contributed by atoms with Crippen molar-refractivity contribution in [2.75, 3.05) is 18.5 Å². The predicted octanol–water partition coefficient (Wildman–Crippen LogP) is 2.33. The molecule has 1 aromatic rings. The maximum Gasteiger partial charge on any atom is 0.341 e. The molecule has 1 fully saturated rings. The van der Waals surface area contributed by atoms with Gasteiger partial charge in [-0.1, -0.05) is 31.9 Å². The quantitative estimate of drug-likeness (QED) is 0.658. The summed E-state index contributed by atoms with van der Waals surface area (Å²) in [6, 6.07) is 7.05. The lowest BCUT2D eigenvalue weighted by Gasteiger charge is -2.30. The molecule has 6 heteroatoms. The van der Waals surface area contributed by atoms with Gasteiger partial charge in [0.1, 0.15) is 0 Å². The molecule has 25 heavy (non-hydrogen) atoms. The summed E-state index contributed by atoms with van der Waals surface area (Å²) in [6.07, 6.45) is 3.56. The number of para-hydroxylation sites is 1. The number of carbonyl (C=O) groups excluding carboxylic acids is 2. The molecule has 0 spiro atoms. The maximum absolute atomic E-state index is 12.4. The van der Waals surface area contributed by atoms with Gasteiger partial charge in [0.05, 0.1) is 12.2 Å². The minimum absolute atomic E-state index is 0.0399. The fraction of sp³-hybridized carbons (Fsp3) is 0.579. The Hall–Kier alpha value is -2.08. The fourth-order valence-electron chi connectivity index (χ4n) is 3.11. The van der Waals surface area contributed by atoms with Gasteiger partial charge < -0.3 is 20.5 Å². The molecule has 0 aromatic heterocycles. The number of hydrogen-bond donors (Lipinski definition) is 3. The Balaban J connectivity index is 1.94. The van der Waals surface area contributed by atoms with Gasteiger partial charge in [0.15, 0.2) is 6.10 Å². The Labute approximate surface area is 149 Å². The molecular formula is C19H28N2O4. The molecule has 3 atom stereocenters. The molecule has 1 aromatic carbocycles. The highest BCUT2D eigenvalue weighted by Gasteiger charge is 2.27. The summed E-state index contributed by atoms with van der Waals surface area (Å²) in [4.78, 5) is 24.7. The molecule has 0 heterocycles. The molecule has 0 saturated heterocycles. The van der Waals surface area contributed by atoms with Crippen LogP contribution in [0.3, 0.4) is 0 Å². The van der Waals surface area contributed by atoms with Gasteiger partial charge in [-0.2, -0.15) is 0 Å². The van der Waals surface area contributed by atoms with Crippen LogP contribution in [0.4, 0.5) is 5.69 Å². The summed E-state index contributed by atoms with van der Waals surface area (Å²) < 4.78 is 5.34. The molecular weight excluding hydrogens is 320 g/mol. The van der Waals surface area contributed by atoms with Gasteiger partial charge in [-0.05, 0) is 37.8 Å². The van der Waals surface area contributed by atoms with Crippen LogP contribution < -0.4 is 10.6 Å². The third-order valence-corrected chi connectivity index (χ3v) is 4.67. The van der Waals surface area contributed by atoms with Crippen molar-refractivity contribution >= 4 is 17.6 Å². The second-order valence-electron chi connectivity index (χ2n) is 6.62. The van der Waals surface area contributed by atoms with Crippen LogP contribution in [0, 0.1) is 5.92 Å². The van der Waals surface area contributed by atoms with Crippen LogP contribution in [0.5, 0.6) is 0 Å². The zero-order valence-electron chi connectivity index (χ0n) is 15.0. The van der Waals surface area contributed by atoms with E-state index in [1.54, 1.807) is 31.2 Å². The van der Waals surface area contributed by atoms with E-state index >= 15 is 0 Å². The minimum atomic E-state index is -0.854. The van der Waals surface area contributed by atoms with Crippen LogP contribution in [0.25, 0.3) is 0 Å². The third-order valence-electron chi connectivity index (χ3n) is 4.67. The number of nitrogens with one attached hydrogen (secondary N) is 2. The lowest BCUT2D eigenvalue weighted by molar-refractivity contribution is -0.130. The normalized spacial score (nSPS) is 21.2. The van der Waals surface area contributed by atoms with Crippen molar-refractivity contribution in [1.82, 2.24) is 5.32 Å². The standard InChI is InChI=1S/C19H28N2O4/c1-13-7-3-5-9-16(13)21-18(23)14(2)25-19(24)15-8-4-6-10-17(15)20-11-12-22/h4,6,8,10,13-14,16,20,22H,3,5,7,9,11-12H2,1-2H3,(H,21,23)/t13-,14-,16+/m1/s1. The predicted molar refractivity (Wildman–Crippen MR) is 96.5 cm³/mol. The first-order chi connectivity index (χ1) is 12.0. The molecule has 0 unspecified atom stereocenters. The molecule has 1 amide bonds. The van der Waals surface area contributed by atoms with Crippen molar-refractivity contribution in [3.8, 4) is 0 Å². The number of esters is 1. The van der Waals surface area contributed by atoms with Crippen LogP contribution in [0.1, 0.15) is 49.9 Å². The molecule has 0 aliphatic heterocycles. The van der Waals surface area contributed by atoms with E-state index in [0.717, 1.165) is 19.3 Å². The largest absolute Gasteiger partial charge is 0.449 e.